The van der Waals surface area contributed by atoms with Crippen LogP contribution in [0.4, 0.5) is 5.82 Å². The van der Waals surface area contributed by atoms with Crippen LogP contribution in [0.1, 0.15) is 15.9 Å². The van der Waals surface area contributed by atoms with Crippen LogP contribution in [0.2, 0.25) is 0 Å². The van der Waals surface area contributed by atoms with Gasteiger partial charge < -0.3 is 5.32 Å². The molecule has 0 spiro atoms. The third-order valence-electron chi connectivity index (χ3n) is 2.33. The molecular formula is C12H10BrN3O. The minimum Gasteiger partial charge on any atom is -0.305 e. The van der Waals surface area contributed by atoms with E-state index in [2.05, 4.69) is 31.4 Å². The Hall–Kier alpha value is -1.75. The Morgan fingerprint density at radius 1 is 1.29 bits per heavy atom. The number of nitrogens with zero attached hydrogens (tertiary/aromatic N) is 2. The first-order chi connectivity index (χ1) is 8.18. The standard InChI is InChI=1S/C12H10BrN3O/c1-8-9(4-2-5-10(8)13)12(17)15-11-6-3-7-14-16-11/h2-7H,1H3,(H,15,16,17). The van der Waals surface area contributed by atoms with Gasteiger partial charge in [-0.15, -0.1) is 5.10 Å². The zero-order chi connectivity index (χ0) is 12.3. The maximum absolute atomic E-state index is 12.0. The Bertz CT molecular complexity index is 543. The highest BCUT2D eigenvalue weighted by Gasteiger charge is 2.11. The van der Waals surface area contributed by atoms with Gasteiger partial charge in [-0.25, -0.2) is 0 Å². The van der Waals surface area contributed by atoms with Crippen molar-refractivity contribution in [1.29, 1.82) is 0 Å². The first kappa shape index (κ1) is 11.7. The van der Waals surface area contributed by atoms with Gasteiger partial charge in [-0.3, -0.25) is 4.79 Å². The summed E-state index contributed by atoms with van der Waals surface area (Å²) in [6.45, 7) is 1.88. The van der Waals surface area contributed by atoms with Crippen LogP contribution < -0.4 is 5.32 Å². The van der Waals surface area contributed by atoms with E-state index >= 15 is 0 Å². The van der Waals surface area contributed by atoms with Gasteiger partial charge in [0.1, 0.15) is 0 Å². The van der Waals surface area contributed by atoms with Gasteiger partial charge in [-0.05, 0) is 36.8 Å². The summed E-state index contributed by atoms with van der Waals surface area (Å²) in [7, 11) is 0. The van der Waals surface area contributed by atoms with E-state index in [1.807, 2.05) is 19.1 Å². The number of rotatable bonds is 2. The molecule has 1 aromatic carbocycles. The van der Waals surface area contributed by atoms with Crippen molar-refractivity contribution < 1.29 is 4.79 Å². The first-order valence-electron chi connectivity index (χ1n) is 5.02. The summed E-state index contributed by atoms with van der Waals surface area (Å²) in [5, 5.41) is 10.2. The van der Waals surface area contributed by atoms with Crippen LogP contribution in [0.15, 0.2) is 41.0 Å². The van der Waals surface area contributed by atoms with Crippen molar-refractivity contribution >= 4 is 27.7 Å². The molecule has 5 heteroatoms. The summed E-state index contributed by atoms with van der Waals surface area (Å²) in [6, 6.07) is 8.90. The number of carbonyl (C=O) groups is 1. The van der Waals surface area contributed by atoms with Gasteiger partial charge in [0.15, 0.2) is 5.82 Å². The number of amides is 1. The smallest absolute Gasteiger partial charge is 0.257 e. The molecule has 0 unspecified atom stereocenters. The minimum absolute atomic E-state index is 0.190. The quantitative estimate of drug-likeness (QED) is 0.926. The predicted octanol–water partition coefficient (Wildman–Crippen LogP) is 2.80. The molecule has 2 aromatic rings. The van der Waals surface area contributed by atoms with Crippen molar-refractivity contribution in [3.05, 3.63) is 52.1 Å². The van der Waals surface area contributed by atoms with E-state index in [9.17, 15) is 4.79 Å². The van der Waals surface area contributed by atoms with E-state index in [1.165, 1.54) is 0 Å². The summed E-state index contributed by atoms with van der Waals surface area (Å²) in [6.07, 6.45) is 1.56. The molecule has 0 bridgehead atoms. The van der Waals surface area contributed by atoms with Crippen LogP contribution >= 0.6 is 15.9 Å². The molecule has 0 aliphatic carbocycles. The number of halogens is 1. The average molecular weight is 292 g/mol. The average Bonchev–Trinajstić information content (AvgIpc) is 2.34. The van der Waals surface area contributed by atoms with Crippen molar-refractivity contribution in [2.24, 2.45) is 0 Å². The van der Waals surface area contributed by atoms with Gasteiger partial charge in [-0.2, -0.15) is 5.10 Å². The van der Waals surface area contributed by atoms with E-state index in [0.717, 1.165) is 10.0 Å². The second kappa shape index (κ2) is 5.05. The second-order valence-electron chi connectivity index (χ2n) is 3.48. The summed E-state index contributed by atoms with van der Waals surface area (Å²) >= 11 is 3.39. The highest BCUT2D eigenvalue weighted by molar-refractivity contribution is 9.10. The van der Waals surface area contributed by atoms with Crippen LogP contribution in [0.5, 0.6) is 0 Å². The maximum Gasteiger partial charge on any atom is 0.257 e. The summed E-state index contributed by atoms with van der Waals surface area (Å²) in [4.78, 5) is 12.0. The fourth-order valence-corrected chi connectivity index (χ4v) is 1.77. The molecular weight excluding hydrogens is 282 g/mol. The maximum atomic E-state index is 12.0. The molecule has 1 amide bonds. The number of aromatic nitrogens is 2. The zero-order valence-corrected chi connectivity index (χ0v) is 10.7. The van der Waals surface area contributed by atoms with E-state index in [-0.39, 0.29) is 5.91 Å². The fourth-order valence-electron chi connectivity index (χ4n) is 1.41. The van der Waals surface area contributed by atoms with E-state index in [4.69, 9.17) is 0 Å². The molecule has 0 aliphatic rings. The minimum atomic E-state index is -0.190. The van der Waals surface area contributed by atoms with E-state index in [1.54, 1.807) is 24.4 Å². The fraction of sp³-hybridized carbons (Fsp3) is 0.0833. The predicted molar refractivity (Wildman–Crippen MR) is 68.9 cm³/mol. The third kappa shape index (κ3) is 2.68. The van der Waals surface area contributed by atoms with Crippen molar-refractivity contribution in [1.82, 2.24) is 10.2 Å². The largest absolute Gasteiger partial charge is 0.305 e. The summed E-state index contributed by atoms with van der Waals surface area (Å²) in [5.41, 5.74) is 1.51. The van der Waals surface area contributed by atoms with Crippen LogP contribution in [0, 0.1) is 6.92 Å². The molecule has 0 saturated heterocycles. The van der Waals surface area contributed by atoms with Gasteiger partial charge in [0, 0.05) is 16.2 Å². The van der Waals surface area contributed by atoms with Crippen molar-refractivity contribution in [2.45, 2.75) is 6.92 Å². The number of hydrogen-bond donors (Lipinski definition) is 1. The molecule has 1 aromatic heterocycles. The molecule has 0 radical (unpaired) electrons. The monoisotopic (exact) mass is 291 g/mol. The molecule has 0 atom stereocenters. The van der Waals surface area contributed by atoms with Gasteiger partial charge >= 0.3 is 0 Å². The van der Waals surface area contributed by atoms with Crippen molar-refractivity contribution in [2.75, 3.05) is 5.32 Å². The lowest BCUT2D eigenvalue weighted by molar-refractivity contribution is 0.102. The lowest BCUT2D eigenvalue weighted by atomic mass is 10.1. The van der Waals surface area contributed by atoms with Gasteiger partial charge in [0.25, 0.3) is 5.91 Å². The van der Waals surface area contributed by atoms with Gasteiger partial charge in [0.2, 0.25) is 0 Å². The first-order valence-corrected chi connectivity index (χ1v) is 5.82. The molecule has 2 rings (SSSR count). The molecule has 86 valence electrons. The van der Waals surface area contributed by atoms with Crippen LogP contribution in [-0.4, -0.2) is 16.1 Å². The van der Waals surface area contributed by atoms with Crippen LogP contribution in [0.25, 0.3) is 0 Å². The number of hydrogen-bond acceptors (Lipinski definition) is 3. The van der Waals surface area contributed by atoms with Crippen LogP contribution in [0.3, 0.4) is 0 Å². The van der Waals surface area contributed by atoms with E-state index in [0.29, 0.717) is 11.4 Å². The lowest BCUT2D eigenvalue weighted by Crippen LogP contribution is -2.14. The lowest BCUT2D eigenvalue weighted by Gasteiger charge is -2.07. The van der Waals surface area contributed by atoms with Gasteiger partial charge in [-0.1, -0.05) is 22.0 Å². The number of anilines is 1. The molecule has 0 fully saturated rings. The summed E-state index contributed by atoms with van der Waals surface area (Å²) in [5.74, 6) is 0.251. The molecule has 0 aliphatic heterocycles. The van der Waals surface area contributed by atoms with Crippen molar-refractivity contribution in [3.8, 4) is 0 Å². The third-order valence-corrected chi connectivity index (χ3v) is 3.19. The van der Waals surface area contributed by atoms with E-state index < -0.39 is 0 Å². The Morgan fingerprint density at radius 2 is 2.12 bits per heavy atom. The molecule has 4 nitrogen and oxygen atoms in total. The topological polar surface area (TPSA) is 54.9 Å². The Kier molecular flexibility index (Phi) is 3.49. The molecule has 1 heterocycles. The highest BCUT2D eigenvalue weighted by Crippen LogP contribution is 2.20. The van der Waals surface area contributed by atoms with Gasteiger partial charge in [0.05, 0.1) is 0 Å². The molecule has 17 heavy (non-hydrogen) atoms. The molecule has 1 N–H and O–H groups in total. The number of carbonyl (C=O) groups excluding carboxylic acids is 1. The van der Waals surface area contributed by atoms with Crippen molar-refractivity contribution in [3.63, 3.8) is 0 Å². The highest BCUT2D eigenvalue weighted by atomic mass is 79.9. The number of benzene rings is 1. The Balaban J connectivity index is 2.24. The Morgan fingerprint density at radius 3 is 2.82 bits per heavy atom. The SMILES string of the molecule is Cc1c(Br)cccc1C(=O)Nc1cccnn1. The zero-order valence-electron chi connectivity index (χ0n) is 9.14. The van der Waals surface area contributed by atoms with Crippen LogP contribution in [-0.2, 0) is 0 Å². The number of nitrogens with one attached hydrogen (secondary N) is 1. The Labute approximate surface area is 107 Å². The second-order valence-corrected chi connectivity index (χ2v) is 4.33. The summed E-state index contributed by atoms with van der Waals surface area (Å²) < 4.78 is 0.907. The normalized spacial score (nSPS) is 10.0. The molecule has 0 saturated carbocycles.